The molecule has 0 heterocycles. The van der Waals surface area contributed by atoms with Crippen molar-refractivity contribution >= 4 is 11.8 Å². The number of rotatable bonds is 5. The van der Waals surface area contributed by atoms with E-state index in [0.29, 0.717) is 0 Å². The molecule has 0 spiro atoms. The van der Waals surface area contributed by atoms with Gasteiger partial charge in [0.2, 0.25) is 0 Å². The van der Waals surface area contributed by atoms with Crippen molar-refractivity contribution in [2.24, 2.45) is 17.8 Å². The molecule has 0 aromatic rings. The Labute approximate surface area is 79.1 Å². The lowest BCUT2D eigenvalue weighted by Gasteiger charge is -2.22. The van der Waals surface area contributed by atoms with Crippen molar-refractivity contribution in [1.29, 1.82) is 0 Å². The molecule has 0 amide bonds. The molecule has 1 N–H and O–H groups in total. The maximum Gasteiger partial charge on any atom is 0.310 e. The number of carbonyl (C=O) groups excluding carboxylic acids is 1. The first-order chi connectivity index (χ1) is 5.86. The number of aliphatic carboxylic acids is 1. The molecule has 0 aliphatic carbocycles. The average molecular weight is 186 g/mol. The van der Waals surface area contributed by atoms with Gasteiger partial charge >= 0.3 is 5.97 Å². The van der Waals surface area contributed by atoms with Crippen LogP contribution in [0.4, 0.5) is 0 Å². The van der Waals surface area contributed by atoms with Crippen molar-refractivity contribution in [3.05, 3.63) is 0 Å². The Morgan fingerprint density at radius 3 is 1.69 bits per heavy atom. The first-order valence-corrected chi connectivity index (χ1v) is 4.60. The van der Waals surface area contributed by atoms with Gasteiger partial charge in [-0.1, -0.05) is 27.7 Å². The number of ketones is 1. The molecule has 0 aliphatic heterocycles. The molecule has 0 radical (unpaired) electrons. The fraction of sp³-hybridized carbons (Fsp3) is 0.800. The van der Waals surface area contributed by atoms with Crippen LogP contribution in [0.3, 0.4) is 0 Å². The van der Waals surface area contributed by atoms with Crippen molar-refractivity contribution in [1.82, 2.24) is 0 Å². The minimum atomic E-state index is -1.03. The van der Waals surface area contributed by atoms with Crippen LogP contribution in [0, 0.1) is 17.8 Å². The summed E-state index contributed by atoms with van der Waals surface area (Å²) in [5, 5.41) is 8.48. The Morgan fingerprint density at radius 1 is 1.08 bits per heavy atom. The molecule has 3 nitrogen and oxygen atoms in total. The van der Waals surface area contributed by atoms with Gasteiger partial charge in [0.1, 0.15) is 12.2 Å². The summed E-state index contributed by atoms with van der Waals surface area (Å²) in [6.45, 7) is 7.80. The van der Waals surface area contributed by atoms with E-state index in [-0.39, 0.29) is 30.0 Å². The molecule has 0 saturated heterocycles. The SMILES string of the molecule is CC(C)C(C(=O)CC(=O)O)C(C)C. The highest BCUT2D eigenvalue weighted by Crippen LogP contribution is 2.22. The summed E-state index contributed by atoms with van der Waals surface area (Å²) < 4.78 is 0. The van der Waals surface area contributed by atoms with Crippen LogP contribution >= 0.6 is 0 Å². The lowest BCUT2D eigenvalue weighted by molar-refractivity contribution is -0.142. The van der Waals surface area contributed by atoms with Gasteiger partial charge in [-0.25, -0.2) is 0 Å². The predicted octanol–water partition coefficient (Wildman–Crippen LogP) is 1.96. The molecule has 13 heavy (non-hydrogen) atoms. The monoisotopic (exact) mass is 186 g/mol. The number of carboxylic acids is 1. The molecule has 76 valence electrons. The van der Waals surface area contributed by atoms with Crippen molar-refractivity contribution in [2.45, 2.75) is 34.1 Å². The molecule has 0 unspecified atom stereocenters. The second-order valence-electron chi connectivity index (χ2n) is 4.05. The summed E-state index contributed by atoms with van der Waals surface area (Å²) in [6.07, 6.45) is -0.346. The van der Waals surface area contributed by atoms with Crippen molar-refractivity contribution in [3.8, 4) is 0 Å². The van der Waals surface area contributed by atoms with Crippen LogP contribution in [0.25, 0.3) is 0 Å². The van der Waals surface area contributed by atoms with Gasteiger partial charge in [-0.05, 0) is 11.8 Å². The third-order valence-corrected chi connectivity index (χ3v) is 2.13. The first kappa shape index (κ1) is 12.1. The number of hydrogen-bond acceptors (Lipinski definition) is 2. The molecule has 0 fully saturated rings. The lowest BCUT2D eigenvalue weighted by atomic mass is 9.81. The minimum absolute atomic E-state index is 0.129. The number of hydrogen-bond donors (Lipinski definition) is 1. The molecule has 0 saturated carbocycles. The van der Waals surface area contributed by atoms with Gasteiger partial charge in [0.25, 0.3) is 0 Å². The second-order valence-corrected chi connectivity index (χ2v) is 4.05. The Morgan fingerprint density at radius 2 is 1.46 bits per heavy atom. The van der Waals surface area contributed by atoms with E-state index in [4.69, 9.17) is 5.11 Å². The van der Waals surface area contributed by atoms with E-state index < -0.39 is 5.97 Å². The molecular weight excluding hydrogens is 168 g/mol. The van der Waals surface area contributed by atoms with Crippen molar-refractivity contribution in [3.63, 3.8) is 0 Å². The zero-order chi connectivity index (χ0) is 10.6. The van der Waals surface area contributed by atoms with Gasteiger partial charge in [0.05, 0.1) is 0 Å². The molecule has 0 bridgehead atoms. The average Bonchev–Trinajstić information content (AvgIpc) is 1.81. The van der Waals surface area contributed by atoms with Gasteiger partial charge in [-0.3, -0.25) is 9.59 Å². The van der Waals surface area contributed by atoms with E-state index in [1.165, 1.54) is 0 Å². The van der Waals surface area contributed by atoms with Crippen LogP contribution < -0.4 is 0 Å². The van der Waals surface area contributed by atoms with Gasteiger partial charge < -0.3 is 5.11 Å². The summed E-state index contributed by atoms with van der Waals surface area (Å²) in [5.41, 5.74) is 0. The topological polar surface area (TPSA) is 54.4 Å². The number of carbonyl (C=O) groups is 2. The molecule has 3 heteroatoms. The van der Waals surface area contributed by atoms with E-state index in [2.05, 4.69) is 0 Å². The number of Topliss-reactive ketones (excluding diaryl/α,β-unsaturated/α-hetero) is 1. The highest BCUT2D eigenvalue weighted by atomic mass is 16.4. The van der Waals surface area contributed by atoms with E-state index in [1.807, 2.05) is 27.7 Å². The summed E-state index contributed by atoms with van der Waals surface area (Å²) in [7, 11) is 0. The smallest absolute Gasteiger partial charge is 0.310 e. The van der Waals surface area contributed by atoms with Crippen LogP contribution in [0.1, 0.15) is 34.1 Å². The van der Waals surface area contributed by atoms with Gasteiger partial charge in [-0.15, -0.1) is 0 Å². The molecular formula is C10H18O3. The normalized spacial score (nSPS) is 11.3. The molecule has 0 aromatic heterocycles. The predicted molar refractivity (Wildman–Crippen MR) is 50.4 cm³/mol. The maximum absolute atomic E-state index is 11.5. The fourth-order valence-corrected chi connectivity index (χ4v) is 1.78. The highest BCUT2D eigenvalue weighted by Gasteiger charge is 2.26. The maximum atomic E-state index is 11.5. The minimum Gasteiger partial charge on any atom is -0.481 e. The Balaban J connectivity index is 4.38. The Bertz CT molecular complexity index is 186. The van der Waals surface area contributed by atoms with Gasteiger partial charge in [0, 0.05) is 5.92 Å². The standard InChI is InChI=1S/C10H18O3/c1-6(2)10(7(3)4)8(11)5-9(12)13/h6-7,10H,5H2,1-4H3,(H,12,13). The third-order valence-electron chi connectivity index (χ3n) is 2.13. The molecule has 0 rings (SSSR count). The van der Waals surface area contributed by atoms with Gasteiger partial charge in [-0.2, -0.15) is 0 Å². The van der Waals surface area contributed by atoms with E-state index >= 15 is 0 Å². The van der Waals surface area contributed by atoms with Gasteiger partial charge in [0.15, 0.2) is 0 Å². The molecule has 0 aliphatic rings. The zero-order valence-corrected chi connectivity index (χ0v) is 8.70. The van der Waals surface area contributed by atoms with Crippen LogP contribution in [0.5, 0.6) is 0 Å². The van der Waals surface area contributed by atoms with E-state index in [1.54, 1.807) is 0 Å². The quantitative estimate of drug-likeness (QED) is 0.668. The second kappa shape index (κ2) is 5.00. The Hall–Kier alpha value is -0.860. The van der Waals surface area contributed by atoms with Crippen LogP contribution in [0.2, 0.25) is 0 Å². The molecule has 0 atom stereocenters. The lowest BCUT2D eigenvalue weighted by Crippen LogP contribution is -2.27. The Kier molecular flexibility index (Phi) is 4.67. The van der Waals surface area contributed by atoms with Crippen LogP contribution in [-0.4, -0.2) is 16.9 Å². The van der Waals surface area contributed by atoms with Crippen molar-refractivity contribution < 1.29 is 14.7 Å². The first-order valence-electron chi connectivity index (χ1n) is 4.60. The summed E-state index contributed by atoms with van der Waals surface area (Å²) in [5.74, 6) is -0.886. The van der Waals surface area contributed by atoms with Crippen LogP contribution in [0.15, 0.2) is 0 Å². The third kappa shape index (κ3) is 4.06. The zero-order valence-electron chi connectivity index (χ0n) is 8.70. The summed E-state index contributed by atoms with van der Waals surface area (Å²) in [4.78, 5) is 21.8. The number of carboxylic acid groups (broad SMARTS) is 1. The fourth-order valence-electron chi connectivity index (χ4n) is 1.78. The molecule has 0 aromatic carbocycles. The highest BCUT2D eigenvalue weighted by molar-refractivity contribution is 5.96. The largest absolute Gasteiger partial charge is 0.481 e. The summed E-state index contributed by atoms with van der Waals surface area (Å²) >= 11 is 0. The van der Waals surface area contributed by atoms with Crippen molar-refractivity contribution in [2.75, 3.05) is 0 Å². The summed E-state index contributed by atoms with van der Waals surface area (Å²) in [6, 6.07) is 0. The van der Waals surface area contributed by atoms with E-state index in [0.717, 1.165) is 0 Å². The van der Waals surface area contributed by atoms with E-state index in [9.17, 15) is 9.59 Å². The van der Waals surface area contributed by atoms with Crippen LogP contribution in [-0.2, 0) is 9.59 Å².